The van der Waals surface area contributed by atoms with E-state index in [0.29, 0.717) is 27.8 Å². The van der Waals surface area contributed by atoms with Gasteiger partial charge < -0.3 is 5.11 Å². The minimum absolute atomic E-state index is 0.00332. The third-order valence-electron chi connectivity index (χ3n) is 7.07. The summed E-state index contributed by atoms with van der Waals surface area (Å²) in [5, 5.41) is 24.4. The molecule has 1 heterocycles. The summed E-state index contributed by atoms with van der Waals surface area (Å²) < 4.78 is 60.0. The lowest BCUT2D eigenvalue weighted by Crippen LogP contribution is -2.22. The van der Waals surface area contributed by atoms with Crippen LogP contribution in [0.2, 0.25) is 0 Å². The number of aliphatic hydroxyl groups is 1. The Balaban J connectivity index is 1.76. The molecule has 0 saturated heterocycles. The van der Waals surface area contributed by atoms with E-state index in [4.69, 9.17) is 0 Å². The number of aryl methyl sites for hydroxylation is 1. The third-order valence-corrected chi connectivity index (χ3v) is 7.07. The fourth-order valence-corrected chi connectivity index (χ4v) is 5.36. The van der Waals surface area contributed by atoms with E-state index >= 15 is 0 Å². The molecular formula is C25H21F4N3O. The molecule has 2 aliphatic carbocycles. The van der Waals surface area contributed by atoms with Crippen LogP contribution >= 0.6 is 0 Å². The quantitative estimate of drug-likeness (QED) is 0.514. The lowest BCUT2D eigenvalue weighted by Gasteiger charge is -2.31. The Kier molecular flexibility index (Phi) is 4.87. The summed E-state index contributed by atoms with van der Waals surface area (Å²) in [6, 6.07) is 7.48. The van der Waals surface area contributed by atoms with Gasteiger partial charge in [0.05, 0.1) is 17.8 Å². The summed E-state index contributed by atoms with van der Waals surface area (Å²) in [6.07, 6.45) is -2.15. The van der Waals surface area contributed by atoms with Crippen molar-refractivity contribution in [1.29, 1.82) is 5.26 Å². The summed E-state index contributed by atoms with van der Waals surface area (Å²) >= 11 is 0. The molecule has 0 unspecified atom stereocenters. The predicted molar refractivity (Wildman–Crippen MR) is 113 cm³/mol. The van der Waals surface area contributed by atoms with Gasteiger partial charge in [0.2, 0.25) is 0 Å². The van der Waals surface area contributed by atoms with Crippen LogP contribution < -0.4 is 0 Å². The molecule has 1 aromatic heterocycles. The number of fused-ring (bicyclic) bond motifs is 2. The van der Waals surface area contributed by atoms with Crippen LogP contribution in [0.25, 0.3) is 11.1 Å². The van der Waals surface area contributed by atoms with Crippen LogP contribution in [-0.4, -0.2) is 20.8 Å². The molecule has 3 aromatic rings. The SMILES string of the molecule is Cc1c(-c2ccc([C@H]3CC[C@H](F)c4cc(F)cc(C#N)c43)c3c2[C@H](O)C(F)(F)C3)cnn1C. The minimum Gasteiger partial charge on any atom is -0.382 e. The number of aromatic nitrogens is 2. The van der Waals surface area contributed by atoms with Crippen molar-refractivity contribution in [3.05, 3.63) is 75.4 Å². The zero-order chi connectivity index (χ0) is 23.7. The first-order valence-electron chi connectivity index (χ1n) is 10.7. The van der Waals surface area contributed by atoms with Crippen molar-refractivity contribution in [3.8, 4) is 17.2 Å². The van der Waals surface area contributed by atoms with Gasteiger partial charge >= 0.3 is 0 Å². The van der Waals surface area contributed by atoms with Crippen molar-refractivity contribution < 1.29 is 22.7 Å². The maximum absolute atomic E-state index is 14.8. The molecule has 8 heteroatoms. The normalized spacial score (nSPS) is 23.2. The Morgan fingerprint density at radius 1 is 1.15 bits per heavy atom. The molecule has 33 heavy (non-hydrogen) atoms. The molecule has 0 aliphatic heterocycles. The van der Waals surface area contributed by atoms with Gasteiger partial charge in [-0.15, -0.1) is 0 Å². The van der Waals surface area contributed by atoms with Crippen LogP contribution in [-0.2, 0) is 13.5 Å². The van der Waals surface area contributed by atoms with E-state index in [0.717, 1.165) is 17.8 Å². The first kappa shape index (κ1) is 21.7. The fourth-order valence-electron chi connectivity index (χ4n) is 5.36. The van der Waals surface area contributed by atoms with Crippen molar-refractivity contribution in [2.45, 2.75) is 50.3 Å². The molecule has 0 bridgehead atoms. The molecular weight excluding hydrogens is 434 g/mol. The molecule has 0 amide bonds. The zero-order valence-corrected chi connectivity index (χ0v) is 18.0. The van der Waals surface area contributed by atoms with E-state index in [1.165, 1.54) is 0 Å². The summed E-state index contributed by atoms with van der Waals surface area (Å²) in [5.41, 5.74) is 3.27. The van der Waals surface area contributed by atoms with Crippen LogP contribution in [0.3, 0.4) is 0 Å². The Labute approximate surface area is 188 Å². The largest absolute Gasteiger partial charge is 0.382 e. The minimum atomic E-state index is -3.37. The van der Waals surface area contributed by atoms with Crippen LogP contribution in [0, 0.1) is 24.1 Å². The first-order chi connectivity index (χ1) is 15.6. The Morgan fingerprint density at radius 3 is 2.58 bits per heavy atom. The van der Waals surface area contributed by atoms with Crippen molar-refractivity contribution in [1.82, 2.24) is 9.78 Å². The molecule has 4 nitrogen and oxygen atoms in total. The average Bonchev–Trinajstić information content (AvgIpc) is 3.23. The van der Waals surface area contributed by atoms with Crippen molar-refractivity contribution in [2.24, 2.45) is 7.05 Å². The Bertz CT molecular complexity index is 1320. The second-order valence-electron chi connectivity index (χ2n) is 8.87. The number of benzene rings is 2. The first-order valence-corrected chi connectivity index (χ1v) is 10.7. The van der Waals surface area contributed by atoms with Gasteiger partial charge in [0.25, 0.3) is 5.92 Å². The van der Waals surface area contributed by atoms with Gasteiger partial charge in [-0.05, 0) is 65.3 Å². The van der Waals surface area contributed by atoms with E-state index in [9.17, 15) is 27.9 Å². The van der Waals surface area contributed by atoms with Gasteiger partial charge in [-0.25, -0.2) is 17.6 Å². The van der Waals surface area contributed by atoms with Crippen LogP contribution in [0.1, 0.15) is 70.1 Å². The molecule has 5 rings (SSSR count). The Hall–Kier alpha value is -3.18. The molecule has 3 atom stereocenters. The molecule has 170 valence electrons. The van der Waals surface area contributed by atoms with E-state index in [2.05, 4.69) is 5.10 Å². The smallest absolute Gasteiger partial charge is 0.281 e. The van der Waals surface area contributed by atoms with Gasteiger partial charge in [0.1, 0.15) is 18.1 Å². The molecule has 0 fully saturated rings. The average molecular weight is 455 g/mol. The van der Waals surface area contributed by atoms with E-state index < -0.39 is 36.4 Å². The standard InChI is InChI=1S/C25H21F4N3O/c1-12-20(11-31-32(12)2)17-4-3-15(19-9-25(28,29)24(33)23(17)19)16-5-6-21(27)18-8-14(26)7-13(10-30)22(16)18/h3-4,7-8,11,16,21,24,33H,5-6,9H2,1-2H3/t16-,21+,24+/m1/s1. The van der Waals surface area contributed by atoms with Gasteiger partial charge in [-0.3, -0.25) is 4.68 Å². The van der Waals surface area contributed by atoms with Crippen molar-refractivity contribution >= 4 is 0 Å². The number of hydrogen-bond acceptors (Lipinski definition) is 3. The molecule has 0 spiro atoms. The highest BCUT2D eigenvalue weighted by atomic mass is 19.3. The number of alkyl halides is 3. The molecule has 0 saturated carbocycles. The number of nitrogens with zero attached hydrogens (tertiary/aromatic N) is 3. The molecule has 2 aliphatic rings. The second kappa shape index (κ2) is 7.42. The van der Waals surface area contributed by atoms with Crippen molar-refractivity contribution in [3.63, 3.8) is 0 Å². The van der Waals surface area contributed by atoms with Crippen LogP contribution in [0.5, 0.6) is 0 Å². The van der Waals surface area contributed by atoms with Gasteiger partial charge in [-0.2, -0.15) is 10.4 Å². The lowest BCUT2D eigenvalue weighted by molar-refractivity contribution is -0.0966. The molecule has 2 aromatic carbocycles. The zero-order valence-electron chi connectivity index (χ0n) is 18.0. The number of nitriles is 1. The fraction of sp³-hybridized carbons (Fsp3) is 0.360. The maximum atomic E-state index is 14.8. The van der Waals surface area contributed by atoms with E-state index in [1.807, 2.05) is 13.0 Å². The van der Waals surface area contributed by atoms with E-state index in [1.54, 1.807) is 30.1 Å². The molecule has 0 radical (unpaired) electrons. The highest BCUT2D eigenvalue weighted by Crippen LogP contribution is 2.53. The van der Waals surface area contributed by atoms with Gasteiger partial charge in [0, 0.05) is 30.6 Å². The predicted octanol–water partition coefficient (Wildman–Crippen LogP) is 5.57. The van der Waals surface area contributed by atoms with E-state index in [-0.39, 0.29) is 29.5 Å². The lowest BCUT2D eigenvalue weighted by atomic mass is 9.74. The monoisotopic (exact) mass is 455 g/mol. The second-order valence-corrected chi connectivity index (χ2v) is 8.87. The number of rotatable bonds is 2. The Morgan fingerprint density at radius 2 is 1.91 bits per heavy atom. The van der Waals surface area contributed by atoms with Gasteiger partial charge in [0.15, 0.2) is 0 Å². The maximum Gasteiger partial charge on any atom is 0.281 e. The topological polar surface area (TPSA) is 61.8 Å². The van der Waals surface area contributed by atoms with Crippen LogP contribution in [0.15, 0.2) is 30.5 Å². The summed E-state index contributed by atoms with van der Waals surface area (Å²) in [5.74, 6) is -4.63. The number of hydrogen-bond donors (Lipinski definition) is 1. The van der Waals surface area contributed by atoms with Gasteiger partial charge in [-0.1, -0.05) is 12.1 Å². The number of aliphatic hydroxyl groups excluding tert-OH is 1. The van der Waals surface area contributed by atoms with Crippen LogP contribution in [0.4, 0.5) is 17.6 Å². The highest BCUT2D eigenvalue weighted by Gasteiger charge is 2.50. The summed E-state index contributed by atoms with van der Waals surface area (Å²) in [7, 11) is 1.74. The highest BCUT2D eigenvalue weighted by molar-refractivity contribution is 5.74. The summed E-state index contributed by atoms with van der Waals surface area (Å²) in [6.45, 7) is 1.81. The molecule has 1 N–H and O–H groups in total. The van der Waals surface area contributed by atoms with Crippen molar-refractivity contribution in [2.75, 3.05) is 0 Å². The summed E-state index contributed by atoms with van der Waals surface area (Å²) in [4.78, 5) is 0. The number of halogens is 4. The third kappa shape index (κ3) is 3.17.